The summed E-state index contributed by atoms with van der Waals surface area (Å²) in [6.07, 6.45) is -4.27. The van der Waals surface area contributed by atoms with E-state index in [-0.39, 0.29) is 30.1 Å². The first-order valence-electron chi connectivity index (χ1n) is 6.84. The molecule has 0 fully saturated rings. The van der Waals surface area contributed by atoms with E-state index in [1.165, 1.54) is 19.9 Å². The summed E-state index contributed by atoms with van der Waals surface area (Å²) in [7, 11) is 0. The topological polar surface area (TPSA) is 55.8 Å². The number of hydrogen-bond acceptors (Lipinski definition) is 3. The number of hydrogen-bond donors (Lipinski definition) is 1. The van der Waals surface area contributed by atoms with Crippen LogP contribution in [0.4, 0.5) is 13.2 Å². The van der Waals surface area contributed by atoms with Crippen LogP contribution in [-0.4, -0.2) is 24.3 Å². The normalized spacial score (nSPS) is 15.3. The number of carboxylic acid groups (broad SMARTS) is 1. The molecule has 1 aliphatic heterocycles. The van der Waals surface area contributed by atoms with Gasteiger partial charge in [0.1, 0.15) is 0 Å². The fourth-order valence-electron chi connectivity index (χ4n) is 2.21. The Balaban J connectivity index is 2.51. The quantitative estimate of drug-likeness (QED) is 0.926. The van der Waals surface area contributed by atoms with Gasteiger partial charge in [0.25, 0.3) is 0 Å². The van der Waals surface area contributed by atoms with Crippen LogP contribution in [0.25, 0.3) is 0 Å². The van der Waals surface area contributed by atoms with E-state index in [4.69, 9.17) is 14.6 Å². The molecule has 122 valence electrons. The average Bonchev–Trinajstić information content (AvgIpc) is 2.60. The number of halogens is 3. The molecule has 0 saturated carbocycles. The Morgan fingerprint density at radius 3 is 2.23 bits per heavy atom. The lowest BCUT2D eigenvalue weighted by atomic mass is 9.84. The van der Waals surface area contributed by atoms with Gasteiger partial charge in [0.15, 0.2) is 11.5 Å². The third kappa shape index (κ3) is 3.45. The average molecular weight is 318 g/mol. The lowest BCUT2D eigenvalue weighted by Crippen LogP contribution is -2.27. The monoisotopic (exact) mass is 318 g/mol. The Kier molecular flexibility index (Phi) is 4.26. The highest BCUT2D eigenvalue weighted by atomic mass is 19.4. The van der Waals surface area contributed by atoms with Gasteiger partial charge in [-0.05, 0) is 38.0 Å². The van der Waals surface area contributed by atoms with Crippen LogP contribution in [-0.2, 0) is 17.4 Å². The molecule has 2 rings (SSSR count). The summed E-state index contributed by atoms with van der Waals surface area (Å²) in [5, 5.41) is 9.14. The fourth-order valence-corrected chi connectivity index (χ4v) is 2.21. The van der Waals surface area contributed by atoms with Gasteiger partial charge in [0.2, 0.25) is 0 Å². The van der Waals surface area contributed by atoms with Crippen LogP contribution in [0.5, 0.6) is 11.5 Å². The molecule has 22 heavy (non-hydrogen) atoms. The molecule has 7 heteroatoms. The van der Waals surface area contributed by atoms with E-state index in [2.05, 4.69) is 0 Å². The maximum Gasteiger partial charge on any atom is 0.416 e. The standard InChI is InChI=1S/C15H17F3O4/c1-14(2,13(19)20)8-9-6-11-12(22-5-3-4-21-11)7-10(9)15(16,17)18/h6-7H,3-5,8H2,1-2H3,(H,19,20). The van der Waals surface area contributed by atoms with Crippen molar-refractivity contribution in [1.29, 1.82) is 0 Å². The molecule has 0 unspecified atom stereocenters. The van der Waals surface area contributed by atoms with Crippen molar-refractivity contribution < 1.29 is 32.5 Å². The highest BCUT2D eigenvalue weighted by molar-refractivity contribution is 5.74. The molecule has 4 nitrogen and oxygen atoms in total. The Labute approximate surface area is 125 Å². The van der Waals surface area contributed by atoms with E-state index in [0.29, 0.717) is 13.0 Å². The maximum atomic E-state index is 13.3. The van der Waals surface area contributed by atoms with E-state index in [1.807, 2.05) is 0 Å². The van der Waals surface area contributed by atoms with Gasteiger partial charge in [-0.15, -0.1) is 0 Å². The van der Waals surface area contributed by atoms with Crippen molar-refractivity contribution in [2.45, 2.75) is 32.9 Å². The van der Waals surface area contributed by atoms with Crippen LogP contribution in [0.3, 0.4) is 0 Å². The Hall–Kier alpha value is -1.92. The van der Waals surface area contributed by atoms with E-state index in [9.17, 15) is 18.0 Å². The molecule has 1 aromatic carbocycles. The zero-order valence-corrected chi connectivity index (χ0v) is 12.3. The van der Waals surface area contributed by atoms with Gasteiger partial charge in [0, 0.05) is 6.42 Å². The molecule has 0 atom stereocenters. The van der Waals surface area contributed by atoms with Crippen LogP contribution in [0, 0.1) is 5.41 Å². The number of rotatable bonds is 3. The first-order valence-corrected chi connectivity index (χ1v) is 6.84. The third-order valence-corrected chi connectivity index (χ3v) is 3.49. The van der Waals surface area contributed by atoms with Crippen molar-refractivity contribution >= 4 is 5.97 Å². The van der Waals surface area contributed by atoms with Crippen molar-refractivity contribution in [3.05, 3.63) is 23.3 Å². The first-order chi connectivity index (χ1) is 10.1. The van der Waals surface area contributed by atoms with E-state index < -0.39 is 23.1 Å². The summed E-state index contributed by atoms with van der Waals surface area (Å²) < 4.78 is 50.4. The molecule has 0 radical (unpaired) electrons. The molecule has 0 aliphatic carbocycles. The van der Waals surface area contributed by atoms with E-state index >= 15 is 0 Å². The largest absolute Gasteiger partial charge is 0.490 e. The maximum absolute atomic E-state index is 13.3. The van der Waals surface area contributed by atoms with Crippen LogP contribution < -0.4 is 9.47 Å². The van der Waals surface area contributed by atoms with Crippen LogP contribution >= 0.6 is 0 Å². The second kappa shape index (κ2) is 5.70. The number of carbonyl (C=O) groups is 1. The summed E-state index contributed by atoms with van der Waals surface area (Å²) >= 11 is 0. The molecule has 0 aromatic heterocycles. The number of ether oxygens (including phenoxy) is 2. The van der Waals surface area contributed by atoms with Crippen molar-refractivity contribution in [2.24, 2.45) is 5.41 Å². The van der Waals surface area contributed by atoms with Crippen molar-refractivity contribution in [3.8, 4) is 11.5 Å². The fraction of sp³-hybridized carbons (Fsp3) is 0.533. The van der Waals surface area contributed by atoms with Gasteiger partial charge >= 0.3 is 12.1 Å². The van der Waals surface area contributed by atoms with Crippen molar-refractivity contribution in [2.75, 3.05) is 13.2 Å². The molecule has 1 aromatic rings. The molecule has 1 aliphatic rings. The van der Waals surface area contributed by atoms with Gasteiger partial charge < -0.3 is 14.6 Å². The minimum atomic E-state index is -4.59. The number of aliphatic carboxylic acids is 1. The van der Waals surface area contributed by atoms with Crippen molar-refractivity contribution in [3.63, 3.8) is 0 Å². The molecule has 1 N–H and O–H groups in total. The predicted molar refractivity (Wildman–Crippen MR) is 72.2 cm³/mol. The number of benzene rings is 1. The predicted octanol–water partition coefficient (Wildman–Crippen LogP) is 3.52. The van der Waals surface area contributed by atoms with Crippen LogP contribution in [0.15, 0.2) is 12.1 Å². The van der Waals surface area contributed by atoms with E-state index in [1.54, 1.807) is 0 Å². The summed E-state index contributed by atoms with van der Waals surface area (Å²) in [5.74, 6) is -0.892. The smallest absolute Gasteiger partial charge is 0.416 e. The Morgan fingerprint density at radius 1 is 1.18 bits per heavy atom. The number of carboxylic acids is 1. The van der Waals surface area contributed by atoms with Crippen LogP contribution in [0.2, 0.25) is 0 Å². The second-order valence-electron chi connectivity index (χ2n) is 5.87. The van der Waals surface area contributed by atoms with Gasteiger partial charge in [-0.25, -0.2) is 0 Å². The minimum Gasteiger partial charge on any atom is -0.490 e. The summed E-state index contributed by atoms with van der Waals surface area (Å²) in [5.41, 5.74) is -2.31. The highest BCUT2D eigenvalue weighted by Gasteiger charge is 2.38. The molecule has 0 spiro atoms. The summed E-state index contributed by atoms with van der Waals surface area (Å²) in [6.45, 7) is 3.40. The van der Waals surface area contributed by atoms with Crippen molar-refractivity contribution in [1.82, 2.24) is 0 Å². The first kappa shape index (κ1) is 16.5. The highest BCUT2D eigenvalue weighted by Crippen LogP contribution is 2.42. The molecule has 0 saturated heterocycles. The molecular formula is C15H17F3O4. The zero-order valence-electron chi connectivity index (χ0n) is 12.3. The van der Waals surface area contributed by atoms with Gasteiger partial charge in [-0.3, -0.25) is 4.79 Å². The third-order valence-electron chi connectivity index (χ3n) is 3.49. The molecule has 0 bridgehead atoms. The number of fused-ring (bicyclic) bond motifs is 1. The summed E-state index contributed by atoms with van der Waals surface area (Å²) in [6, 6.07) is 2.14. The lowest BCUT2D eigenvalue weighted by Gasteiger charge is -2.23. The number of alkyl halides is 3. The second-order valence-corrected chi connectivity index (χ2v) is 5.87. The zero-order chi connectivity index (χ0) is 16.5. The summed E-state index contributed by atoms with van der Waals surface area (Å²) in [4.78, 5) is 11.2. The minimum absolute atomic E-state index is 0.0432. The molecule has 1 heterocycles. The Bertz CT molecular complexity index is 579. The van der Waals surface area contributed by atoms with Gasteiger partial charge in [-0.1, -0.05) is 0 Å². The van der Waals surface area contributed by atoms with Gasteiger partial charge in [0.05, 0.1) is 24.2 Å². The SMILES string of the molecule is CC(C)(Cc1cc2c(cc1C(F)(F)F)OCCCO2)C(=O)O. The van der Waals surface area contributed by atoms with E-state index in [0.717, 1.165) is 6.07 Å². The molecule has 0 amide bonds. The molecular weight excluding hydrogens is 301 g/mol. The van der Waals surface area contributed by atoms with Gasteiger partial charge in [-0.2, -0.15) is 13.2 Å². The van der Waals surface area contributed by atoms with Crippen LogP contribution in [0.1, 0.15) is 31.4 Å². The lowest BCUT2D eigenvalue weighted by molar-refractivity contribution is -0.148. The Morgan fingerprint density at radius 2 is 1.73 bits per heavy atom.